The van der Waals surface area contributed by atoms with Crippen LogP contribution in [0.2, 0.25) is 0 Å². The fraction of sp³-hybridized carbons (Fsp3) is 0.767. The van der Waals surface area contributed by atoms with Crippen molar-refractivity contribution in [3.63, 3.8) is 0 Å². The van der Waals surface area contributed by atoms with E-state index >= 15 is 0 Å². The molecule has 6 N–H and O–H groups in total. The largest absolute Gasteiger partial charge is 0.479 e. The Hall–Kier alpha value is -3.03. The minimum Gasteiger partial charge on any atom is -0.479 e. The average Bonchev–Trinajstić information content (AvgIpc) is 2.94. The molecule has 43 heavy (non-hydrogen) atoms. The van der Waals surface area contributed by atoms with Crippen LogP contribution in [0.4, 0.5) is 0 Å². The van der Waals surface area contributed by atoms with E-state index in [1.807, 2.05) is 13.8 Å². The fourth-order valence-corrected chi connectivity index (χ4v) is 4.01. The quantitative estimate of drug-likeness (QED) is 0.0387. The van der Waals surface area contributed by atoms with Gasteiger partial charge in [-0.05, 0) is 63.7 Å². The number of unbranched alkanes of at least 4 members (excludes halogenated alkanes) is 7. The maximum atomic E-state index is 12.2. The van der Waals surface area contributed by atoms with Gasteiger partial charge in [0, 0.05) is 38.7 Å². The van der Waals surface area contributed by atoms with Crippen molar-refractivity contribution in [1.29, 1.82) is 0 Å². The molecule has 0 bridgehead atoms. The first-order chi connectivity index (χ1) is 20.3. The average molecular weight is 615 g/mol. The molecule has 4 amide bonds. The summed E-state index contributed by atoms with van der Waals surface area (Å²) in [5, 5.41) is 45.9. The first-order valence-corrected chi connectivity index (χ1v) is 15.5. The Morgan fingerprint density at radius 1 is 0.791 bits per heavy atom. The van der Waals surface area contributed by atoms with Crippen LogP contribution >= 0.6 is 0 Å². The summed E-state index contributed by atoms with van der Waals surface area (Å²) in [5.74, 6) is -3.58. The number of nitrogens with one attached hydrogen (secondary N) is 2. The number of hydroxylamine groups is 4. The number of carbonyl (C=O) groups excluding carboxylic acids is 4. The van der Waals surface area contributed by atoms with Crippen molar-refractivity contribution < 1.29 is 44.6 Å². The second-order valence-corrected chi connectivity index (χ2v) is 11.3. The summed E-state index contributed by atoms with van der Waals surface area (Å²) in [6, 6.07) is 0. The van der Waals surface area contributed by atoms with Gasteiger partial charge in [-0.1, -0.05) is 39.7 Å². The van der Waals surface area contributed by atoms with Crippen LogP contribution in [-0.4, -0.2) is 92.1 Å². The standard InChI is InChI=1S/C30H54N4O9/c1-4-5-6-7-10-15-27(37)33(42)20-13-8-11-18-31-25(35)22-30(41,29(39)40)23-26(36)32-19-12-9-14-21-34(43)28(38)17-16-24(2)3/h10,15,24,41-43H,4-9,11-14,16-23H2,1-3H3,(H,31,35)(H,32,36)(H,39,40)/b15-10+. The van der Waals surface area contributed by atoms with Gasteiger partial charge in [0.25, 0.3) is 5.91 Å². The van der Waals surface area contributed by atoms with E-state index < -0.39 is 42.1 Å². The van der Waals surface area contributed by atoms with E-state index in [9.17, 15) is 44.6 Å². The molecule has 0 rings (SSSR count). The Labute approximate surface area is 255 Å². The van der Waals surface area contributed by atoms with Gasteiger partial charge in [0.2, 0.25) is 17.7 Å². The van der Waals surface area contributed by atoms with Crippen LogP contribution in [0.15, 0.2) is 12.2 Å². The Balaban J connectivity index is 4.21. The van der Waals surface area contributed by atoms with Crippen molar-refractivity contribution in [2.45, 2.75) is 116 Å². The second kappa shape index (κ2) is 23.4. The molecular weight excluding hydrogens is 560 g/mol. The molecule has 1 atom stereocenters. The van der Waals surface area contributed by atoms with Crippen molar-refractivity contribution in [3.05, 3.63) is 12.2 Å². The SMILES string of the molecule is CCCCC/C=C/C(=O)N(O)CCCCCNC(=O)CC(O)(CC(=O)NCCCCCN(O)C(=O)CCC(C)C)C(=O)O. The van der Waals surface area contributed by atoms with Crippen LogP contribution < -0.4 is 10.6 Å². The number of aliphatic hydroxyl groups is 1. The Morgan fingerprint density at radius 3 is 1.81 bits per heavy atom. The fourth-order valence-electron chi connectivity index (χ4n) is 4.01. The Bertz CT molecular complexity index is 882. The van der Waals surface area contributed by atoms with E-state index in [2.05, 4.69) is 17.6 Å². The van der Waals surface area contributed by atoms with Gasteiger partial charge in [-0.25, -0.2) is 14.9 Å². The summed E-state index contributed by atoms with van der Waals surface area (Å²) in [4.78, 5) is 59.7. The molecule has 0 saturated heterocycles. The highest BCUT2D eigenvalue weighted by molar-refractivity contribution is 5.91. The maximum absolute atomic E-state index is 12.2. The normalized spacial score (nSPS) is 12.6. The molecule has 0 fully saturated rings. The molecular formula is C30H54N4O9. The van der Waals surface area contributed by atoms with Gasteiger partial charge in [0.1, 0.15) is 0 Å². The number of carboxylic acid groups (broad SMARTS) is 1. The lowest BCUT2D eigenvalue weighted by atomic mass is 9.94. The first kappa shape index (κ1) is 40.0. The summed E-state index contributed by atoms with van der Waals surface area (Å²) in [6.07, 6.45) is 9.65. The second-order valence-electron chi connectivity index (χ2n) is 11.3. The zero-order valence-electron chi connectivity index (χ0n) is 26.2. The lowest BCUT2D eigenvalue weighted by Crippen LogP contribution is -2.47. The lowest BCUT2D eigenvalue weighted by molar-refractivity contribution is -0.165. The minimum absolute atomic E-state index is 0.137. The lowest BCUT2D eigenvalue weighted by Gasteiger charge is -2.22. The highest BCUT2D eigenvalue weighted by Gasteiger charge is 2.40. The summed E-state index contributed by atoms with van der Waals surface area (Å²) in [5.41, 5.74) is -2.57. The van der Waals surface area contributed by atoms with E-state index in [1.165, 1.54) is 6.08 Å². The van der Waals surface area contributed by atoms with Crippen molar-refractivity contribution >= 4 is 29.6 Å². The summed E-state index contributed by atoms with van der Waals surface area (Å²) >= 11 is 0. The van der Waals surface area contributed by atoms with Crippen molar-refractivity contribution in [2.75, 3.05) is 26.2 Å². The molecule has 13 nitrogen and oxygen atoms in total. The number of hydrogen-bond acceptors (Lipinski definition) is 8. The van der Waals surface area contributed by atoms with Crippen LogP contribution in [0, 0.1) is 5.92 Å². The van der Waals surface area contributed by atoms with Crippen LogP contribution in [0.1, 0.15) is 111 Å². The van der Waals surface area contributed by atoms with Gasteiger partial charge >= 0.3 is 5.97 Å². The Morgan fingerprint density at radius 2 is 1.33 bits per heavy atom. The number of allylic oxidation sites excluding steroid dienone is 1. The van der Waals surface area contributed by atoms with Crippen LogP contribution in [0.3, 0.4) is 0 Å². The monoisotopic (exact) mass is 614 g/mol. The van der Waals surface area contributed by atoms with Crippen LogP contribution in [0.5, 0.6) is 0 Å². The zero-order valence-corrected chi connectivity index (χ0v) is 26.2. The number of carbonyl (C=O) groups is 5. The minimum atomic E-state index is -2.57. The number of rotatable bonds is 25. The summed E-state index contributed by atoms with van der Waals surface area (Å²) in [7, 11) is 0. The molecule has 0 spiro atoms. The van der Waals surface area contributed by atoms with Gasteiger partial charge in [-0.15, -0.1) is 0 Å². The smallest absolute Gasteiger partial charge is 0.336 e. The molecule has 0 heterocycles. The van der Waals surface area contributed by atoms with Crippen molar-refractivity contribution in [2.24, 2.45) is 5.92 Å². The molecule has 1 unspecified atom stereocenters. The number of amides is 4. The van der Waals surface area contributed by atoms with Crippen LogP contribution in [0.25, 0.3) is 0 Å². The van der Waals surface area contributed by atoms with Gasteiger partial charge in [-0.3, -0.25) is 29.6 Å². The molecule has 0 aliphatic carbocycles. The highest BCUT2D eigenvalue weighted by Crippen LogP contribution is 2.16. The molecule has 0 saturated carbocycles. The number of nitrogens with zero attached hydrogens (tertiary/aromatic N) is 2. The summed E-state index contributed by atoms with van der Waals surface area (Å²) < 4.78 is 0. The molecule has 0 aromatic carbocycles. The van der Waals surface area contributed by atoms with Crippen LogP contribution in [-0.2, 0) is 24.0 Å². The topological polar surface area (TPSA) is 197 Å². The number of hydrogen-bond donors (Lipinski definition) is 6. The van der Waals surface area contributed by atoms with E-state index in [-0.39, 0.29) is 38.5 Å². The molecule has 0 aliphatic heterocycles. The third-order valence-electron chi connectivity index (χ3n) is 6.75. The van der Waals surface area contributed by atoms with E-state index in [1.54, 1.807) is 6.08 Å². The van der Waals surface area contributed by atoms with Gasteiger partial charge in [-0.2, -0.15) is 0 Å². The molecule has 0 aromatic heterocycles. The molecule has 0 radical (unpaired) electrons. The maximum Gasteiger partial charge on any atom is 0.336 e. The van der Waals surface area contributed by atoms with E-state index in [0.717, 1.165) is 25.7 Å². The van der Waals surface area contributed by atoms with Crippen molar-refractivity contribution in [3.8, 4) is 0 Å². The third-order valence-corrected chi connectivity index (χ3v) is 6.75. The molecule has 0 aromatic rings. The molecule has 248 valence electrons. The van der Waals surface area contributed by atoms with Crippen molar-refractivity contribution in [1.82, 2.24) is 20.8 Å². The van der Waals surface area contributed by atoms with Gasteiger partial charge in [0.15, 0.2) is 5.60 Å². The molecule has 13 heteroatoms. The zero-order chi connectivity index (χ0) is 32.7. The highest BCUT2D eigenvalue weighted by atomic mass is 16.5. The Kier molecular flexibility index (Phi) is 21.8. The predicted octanol–water partition coefficient (Wildman–Crippen LogP) is 3.16. The number of carboxylic acids is 1. The van der Waals surface area contributed by atoms with Gasteiger partial charge < -0.3 is 20.8 Å². The predicted molar refractivity (Wildman–Crippen MR) is 160 cm³/mol. The third kappa shape index (κ3) is 20.5. The summed E-state index contributed by atoms with van der Waals surface area (Å²) in [6.45, 7) is 6.80. The van der Waals surface area contributed by atoms with Gasteiger partial charge in [0.05, 0.1) is 12.8 Å². The number of aliphatic carboxylic acids is 1. The molecule has 0 aliphatic rings. The van der Waals surface area contributed by atoms with E-state index in [4.69, 9.17) is 0 Å². The van der Waals surface area contributed by atoms with E-state index in [0.29, 0.717) is 61.0 Å². The first-order valence-electron chi connectivity index (χ1n) is 15.5.